The summed E-state index contributed by atoms with van der Waals surface area (Å²) in [5.41, 5.74) is 0.988. The fourth-order valence-electron chi connectivity index (χ4n) is 1.26. The van der Waals surface area contributed by atoms with E-state index in [2.05, 4.69) is 20.9 Å². The summed E-state index contributed by atoms with van der Waals surface area (Å²) in [5, 5.41) is 0. The van der Waals surface area contributed by atoms with Gasteiger partial charge in [-0.2, -0.15) is 4.98 Å². The lowest BCUT2D eigenvalue weighted by molar-refractivity contribution is -0.132. The molecule has 0 fully saturated rings. The Hall–Kier alpha value is -1.20. The minimum atomic E-state index is -0.366. The number of benzene rings is 1. The first-order valence-corrected chi connectivity index (χ1v) is 6.18. The second kappa shape index (κ2) is 4.76. The molecule has 1 heterocycles. The largest absolute Gasteiger partial charge is 0.406 e. The Kier molecular flexibility index (Phi) is 3.36. The molecule has 2 rings (SSSR count). The van der Waals surface area contributed by atoms with Crippen LogP contribution >= 0.6 is 27.3 Å². The summed E-state index contributed by atoms with van der Waals surface area (Å²) in [6.07, 6.45) is 0. The average molecular weight is 298 g/mol. The third kappa shape index (κ3) is 2.48. The maximum atomic E-state index is 10.9. The van der Waals surface area contributed by atoms with Crippen LogP contribution in [0.5, 0.6) is 5.88 Å². The number of hydrogen-bond acceptors (Lipinski definition) is 4. The molecule has 5 heteroatoms. The van der Waals surface area contributed by atoms with Crippen molar-refractivity contribution in [1.29, 1.82) is 0 Å². The lowest BCUT2D eigenvalue weighted by Gasteiger charge is -2.00. The monoisotopic (exact) mass is 297 g/mol. The van der Waals surface area contributed by atoms with Crippen LogP contribution in [0.1, 0.15) is 6.92 Å². The summed E-state index contributed by atoms with van der Waals surface area (Å²) in [7, 11) is 0. The quantitative estimate of drug-likeness (QED) is 0.797. The highest BCUT2D eigenvalue weighted by Gasteiger charge is 2.14. The zero-order valence-electron chi connectivity index (χ0n) is 8.44. The van der Waals surface area contributed by atoms with Gasteiger partial charge < -0.3 is 4.74 Å². The lowest BCUT2D eigenvalue weighted by atomic mass is 10.2. The number of carbonyl (C=O) groups is 1. The second-order valence-corrected chi connectivity index (χ2v) is 5.34. The van der Waals surface area contributed by atoms with E-state index in [1.807, 2.05) is 30.3 Å². The molecule has 2 aromatic rings. The number of thiazole rings is 1. The number of carbonyl (C=O) groups excluding carboxylic acids is 1. The number of esters is 1. The van der Waals surface area contributed by atoms with Gasteiger partial charge in [-0.15, -0.1) is 11.3 Å². The molecule has 0 aliphatic rings. The summed E-state index contributed by atoms with van der Waals surface area (Å²) in [6.45, 7) is 1.36. The van der Waals surface area contributed by atoms with Crippen LogP contribution in [-0.2, 0) is 4.79 Å². The zero-order valence-corrected chi connectivity index (χ0v) is 10.8. The summed E-state index contributed by atoms with van der Waals surface area (Å²) < 4.78 is 5.75. The maximum Gasteiger partial charge on any atom is 0.309 e. The molecule has 1 aromatic carbocycles. The second-order valence-electron chi connectivity index (χ2n) is 3.06. The molecule has 0 aliphatic heterocycles. The Balaban J connectivity index is 2.44. The van der Waals surface area contributed by atoms with Gasteiger partial charge in [0.2, 0.25) is 5.88 Å². The molecule has 1 aromatic heterocycles. The van der Waals surface area contributed by atoms with Crippen LogP contribution in [0.2, 0.25) is 0 Å². The molecule has 0 spiro atoms. The molecule has 82 valence electrons. The Morgan fingerprint density at radius 2 is 2.06 bits per heavy atom. The van der Waals surface area contributed by atoms with Gasteiger partial charge in [0.05, 0.1) is 4.88 Å². The topological polar surface area (TPSA) is 39.2 Å². The van der Waals surface area contributed by atoms with E-state index in [4.69, 9.17) is 4.74 Å². The van der Waals surface area contributed by atoms with Crippen LogP contribution in [0.3, 0.4) is 0 Å². The van der Waals surface area contributed by atoms with Crippen LogP contribution in [0.25, 0.3) is 10.4 Å². The van der Waals surface area contributed by atoms with Gasteiger partial charge >= 0.3 is 5.97 Å². The summed E-state index contributed by atoms with van der Waals surface area (Å²) in [5.74, 6) is -0.00874. The van der Waals surface area contributed by atoms with Crippen molar-refractivity contribution in [3.8, 4) is 16.3 Å². The van der Waals surface area contributed by atoms with E-state index in [1.165, 1.54) is 18.3 Å². The first kappa shape index (κ1) is 11.3. The molecule has 3 nitrogen and oxygen atoms in total. The summed E-state index contributed by atoms with van der Waals surface area (Å²) in [4.78, 5) is 15.9. The third-order valence-corrected chi connectivity index (χ3v) is 3.38. The molecule has 0 N–H and O–H groups in total. The lowest BCUT2D eigenvalue weighted by Crippen LogP contribution is -2.02. The smallest absolute Gasteiger partial charge is 0.309 e. The summed E-state index contributed by atoms with van der Waals surface area (Å²) in [6, 6.07) is 9.70. The molecular formula is C11H8BrNO2S. The van der Waals surface area contributed by atoms with Crippen molar-refractivity contribution >= 4 is 33.2 Å². The van der Waals surface area contributed by atoms with Gasteiger partial charge in [0.1, 0.15) is 0 Å². The molecule has 0 unspecified atom stereocenters. The number of ether oxygens (including phenoxy) is 1. The Labute approximate surface area is 105 Å². The van der Waals surface area contributed by atoms with Crippen molar-refractivity contribution in [3.05, 3.63) is 34.2 Å². The Bertz CT molecular complexity index is 510. The van der Waals surface area contributed by atoms with Crippen LogP contribution in [0, 0.1) is 0 Å². The number of nitrogens with zero attached hydrogens (tertiary/aromatic N) is 1. The van der Waals surface area contributed by atoms with Crippen molar-refractivity contribution in [2.75, 3.05) is 0 Å². The molecule has 0 atom stereocenters. The van der Waals surface area contributed by atoms with Gasteiger partial charge in [-0.1, -0.05) is 30.3 Å². The average Bonchev–Trinajstić information content (AvgIpc) is 2.60. The highest BCUT2D eigenvalue weighted by atomic mass is 79.9. The minimum absolute atomic E-state index is 0.357. The van der Waals surface area contributed by atoms with E-state index in [0.717, 1.165) is 10.4 Å². The SMILES string of the molecule is CC(=O)Oc1nc(Br)sc1-c1ccccc1. The highest BCUT2D eigenvalue weighted by molar-refractivity contribution is 9.11. The van der Waals surface area contributed by atoms with E-state index in [9.17, 15) is 4.79 Å². The normalized spacial score (nSPS) is 10.1. The first-order valence-electron chi connectivity index (χ1n) is 4.57. The van der Waals surface area contributed by atoms with E-state index in [0.29, 0.717) is 9.80 Å². The standard InChI is InChI=1S/C11H8BrNO2S/c1-7(14)15-10-9(16-11(12)13-10)8-5-3-2-4-6-8/h2-6H,1H3. The van der Waals surface area contributed by atoms with Crippen LogP contribution in [-0.4, -0.2) is 11.0 Å². The molecule has 0 radical (unpaired) electrons. The molecule has 0 bridgehead atoms. The fourth-order valence-corrected chi connectivity index (χ4v) is 2.63. The highest BCUT2D eigenvalue weighted by Crippen LogP contribution is 2.37. The van der Waals surface area contributed by atoms with Crippen LogP contribution in [0.4, 0.5) is 0 Å². The fraction of sp³-hybridized carbons (Fsp3) is 0.0909. The van der Waals surface area contributed by atoms with Crippen molar-refractivity contribution in [2.45, 2.75) is 6.92 Å². The van der Waals surface area contributed by atoms with Crippen molar-refractivity contribution in [2.24, 2.45) is 0 Å². The van der Waals surface area contributed by atoms with Gasteiger partial charge in [-0.05, 0) is 21.5 Å². The Morgan fingerprint density at radius 1 is 1.38 bits per heavy atom. The van der Waals surface area contributed by atoms with E-state index < -0.39 is 0 Å². The maximum absolute atomic E-state index is 10.9. The van der Waals surface area contributed by atoms with Gasteiger partial charge in [0.15, 0.2) is 3.92 Å². The molecule has 0 saturated heterocycles. The summed E-state index contributed by atoms with van der Waals surface area (Å²) >= 11 is 4.72. The van der Waals surface area contributed by atoms with Crippen LogP contribution in [0.15, 0.2) is 34.2 Å². The number of rotatable bonds is 2. The molecule has 0 saturated carbocycles. The Morgan fingerprint density at radius 3 is 2.69 bits per heavy atom. The van der Waals surface area contributed by atoms with E-state index in [-0.39, 0.29) is 5.97 Å². The molecule has 16 heavy (non-hydrogen) atoms. The molecule has 0 amide bonds. The number of aromatic nitrogens is 1. The van der Waals surface area contributed by atoms with Gasteiger partial charge in [0, 0.05) is 6.92 Å². The number of hydrogen-bond donors (Lipinski definition) is 0. The zero-order chi connectivity index (χ0) is 11.5. The van der Waals surface area contributed by atoms with Gasteiger partial charge in [-0.25, -0.2) is 0 Å². The van der Waals surface area contributed by atoms with Crippen molar-refractivity contribution < 1.29 is 9.53 Å². The van der Waals surface area contributed by atoms with Gasteiger partial charge in [0.25, 0.3) is 0 Å². The third-order valence-electron chi connectivity index (χ3n) is 1.85. The predicted octanol–water partition coefficient (Wildman–Crippen LogP) is 3.50. The van der Waals surface area contributed by atoms with Gasteiger partial charge in [-0.3, -0.25) is 4.79 Å². The molecular weight excluding hydrogens is 290 g/mol. The van der Waals surface area contributed by atoms with Crippen LogP contribution < -0.4 is 4.74 Å². The first-order chi connectivity index (χ1) is 7.66. The number of halogens is 1. The minimum Gasteiger partial charge on any atom is -0.406 e. The predicted molar refractivity (Wildman–Crippen MR) is 66.6 cm³/mol. The van der Waals surface area contributed by atoms with Crippen molar-refractivity contribution in [1.82, 2.24) is 4.98 Å². The van der Waals surface area contributed by atoms with E-state index >= 15 is 0 Å². The molecule has 0 aliphatic carbocycles. The van der Waals surface area contributed by atoms with E-state index in [1.54, 1.807) is 0 Å². The van der Waals surface area contributed by atoms with Crippen molar-refractivity contribution in [3.63, 3.8) is 0 Å².